The summed E-state index contributed by atoms with van der Waals surface area (Å²) < 4.78 is 19.7. The Morgan fingerprint density at radius 2 is 1.07 bits per heavy atom. The number of hydrogen-bond donors (Lipinski definition) is 4. The summed E-state index contributed by atoms with van der Waals surface area (Å²) in [6.45, 7) is 9.10. The first-order valence-corrected chi connectivity index (χ1v) is 19.5. The molecule has 0 bridgehead atoms. The molecule has 6 heterocycles. The molecule has 2 aromatic carbocycles. The maximum absolute atomic E-state index is 12.5. The van der Waals surface area contributed by atoms with Gasteiger partial charge in [0, 0.05) is 71.2 Å². The quantitative estimate of drug-likeness (QED) is 0.101. The molecule has 0 saturated carbocycles. The van der Waals surface area contributed by atoms with E-state index in [0.717, 1.165) is 22.8 Å². The second kappa shape index (κ2) is 16.2. The van der Waals surface area contributed by atoms with Crippen LogP contribution in [0.15, 0.2) is 60.9 Å². The van der Waals surface area contributed by atoms with Crippen LogP contribution in [0, 0.1) is 13.8 Å². The number of fused-ring (bicyclic) bond motifs is 6. The number of carbonyl (C=O) groups is 2. The first-order chi connectivity index (χ1) is 29.0. The van der Waals surface area contributed by atoms with Crippen molar-refractivity contribution in [2.75, 3.05) is 26.4 Å². The molecule has 2 amide bonds. The van der Waals surface area contributed by atoms with E-state index in [4.69, 9.17) is 40.9 Å². The monoisotopic (exact) mass is 812 g/mol. The number of hydrogen-bond acceptors (Lipinski definition) is 12. The Hall–Kier alpha value is -7.18. The zero-order chi connectivity index (χ0) is 42.2. The van der Waals surface area contributed by atoms with E-state index >= 15 is 0 Å². The van der Waals surface area contributed by atoms with Crippen molar-refractivity contribution in [1.82, 2.24) is 48.6 Å². The summed E-state index contributed by atoms with van der Waals surface area (Å²) in [5, 5.41) is 31.2. The molecule has 0 fully saturated rings. The third kappa shape index (κ3) is 7.04. The summed E-state index contributed by atoms with van der Waals surface area (Å²) in [6.07, 6.45) is 7.39. The lowest BCUT2D eigenvalue weighted by Crippen LogP contribution is -2.12. The van der Waals surface area contributed by atoms with E-state index in [1.807, 2.05) is 70.5 Å². The van der Waals surface area contributed by atoms with Crippen molar-refractivity contribution in [2.45, 2.75) is 53.9 Å². The molecule has 0 aliphatic rings. The molecule has 0 aliphatic heterocycles. The van der Waals surface area contributed by atoms with Gasteiger partial charge in [-0.3, -0.25) is 19.0 Å². The van der Waals surface area contributed by atoms with E-state index in [0.29, 0.717) is 93.2 Å². The van der Waals surface area contributed by atoms with Gasteiger partial charge in [-0.15, -0.1) is 0 Å². The van der Waals surface area contributed by atoms with E-state index in [1.165, 1.54) is 0 Å². The molecule has 0 spiro atoms. The van der Waals surface area contributed by atoms with Crippen LogP contribution < -0.4 is 20.9 Å². The summed E-state index contributed by atoms with van der Waals surface area (Å²) in [4.78, 5) is 44.6. The van der Waals surface area contributed by atoms with Crippen molar-refractivity contribution in [3.8, 4) is 34.5 Å². The highest BCUT2D eigenvalue weighted by Gasteiger charge is 2.23. The van der Waals surface area contributed by atoms with Crippen LogP contribution in [-0.2, 0) is 26.2 Å². The number of aliphatic hydroxyl groups excluding tert-OH is 2. The number of benzene rings is 2. The summed E-state index contributed by atoms with van der Waals surface area (Å²) in [5.74, 6) is 0.367. The minimum absolute atomic E-state index is 0.0189. The summed E-state index contributed by atoms with van der Waals surface area (Å²) in [6, 6.07) is 10.4. The number of amides is 2. The number of carbonyl (C=O) groups excluding carboxylic acids is 2. The molecule has 0 saturated heterocycles. The molecular weight excluding hydrogens is 769 g/mol. The van der Waals surface area contributed by atoms with Crippen LogP contribution in [0.1, 0.15) is 46.0 Å². The Labute approximate surface area is 342 Å². The van der Waals surface area contributed by atoms with E-state index in [-0.39, 0.29) is 37.6 Å². The standard InChI is InChI=1S/C42H44N12O6/c1-5-53-31(15-23(3)49-53)39-45-21-29-27-17-25(37(43)57)19-33(59-13-11-55)35(27)51(41(29)47-39)9-7-8-10-52-36-28(18-26(38(44)58)20-34(36)60-14-12-56)30-22-46-40(48-42(30)52)32-16-24(4)50-54(32)6-2/h7-8,15-22,55-56H,5-6,9-14H2,1-4H3,(H2,43,57)(H2,44,58)/b8-7+. The van der Waals surface area contributed by atoms with Crippen LogP contribution in [0.5, 0.6) is 11.5 Å². The summed E-state index contributed by atoms with van der Waals surface area (Å²) in [5.41, 5.74) is 17.6. The van der Waals surface area contributed by atoms with Gasteiger partial charge in [0.05, 0.1) is 35.6 Å². The molecule has 308 valence electrons. The van der Waals surface area contributed by atoms with Crippen LogP contribution >= 0.6 is 0 Å². The largest absolute Gasteiger partial charge is 0.489 e. The molecule has 0 unspecified atom stereocenters. The maximum atomic E-state index is 12.5. The predicted octanol–water partition coefficient (Wildman–Crippen LogP) is 4.06. The molecule has 18 heteroatoms. The Kier molecular flexibility index (Phi) is 10.7. The Morgan fingerprint density at radius 3 is 1.43 bits per heavy atom. The molecule has 18 nitrogen and oxygen atoms in total. The number of aliphatic hydroxyl groups is 2. The third-order valence-corrected chi connectivity index (χ3v) is 10.2. The molecule has 8 aromatic rings. The van der Waals surface area contributed by atoms with Gasteiger partial charge < -0.3 is 40.3 Å². The number of aromatic nitrogens is 10. The van der Waals surface area contributed by atoms with E-state index in [9.17, 15) is 19.8 Å². The highest BCUT2D eigenvalue weighted by Crippen LogP contribution is 2.38. The smallest absolute Gasteiger partial charge is 0.248 e. The van der Waals surface area contributed by atoms with E-state index < -0.39 is 11.8 Å². The van der Waals surface area contributed by atoms with Gasteiger partial charge >= 0.3 is 0 Å². The Morgan fingerprint density at radius 1 is 0.650 bits per heavy atom. The molecular formula is C42H44N12O6. The molecule has 0 radical (unpaired) electrons. The van der Waals surface area contributed by atoms with Crippen molar-refractivity contribution in [3.05, 3.63) is 83.5 Å². The SMILES string of the molecule is CCn1nc(C)cc1-c1ncc2c3cc(C(N)=O)cc(OCCO)c3n(C/C=C/Cn3c4nc(-c5cc(C)nn5CC)ncc4c4cc(C(N)=O)cc(OCCO)c43)c2n1. The van der Waals surface area contributed by atoms with Crippen LogP contribution in [0.4, 0.5) is 0 Å². The maximum Gasteiger partial charge on any atom is 0.248 e. The second-order valence-corrected chi connectivity index (χ2v) is 14.1. The topological polar surface area (TPSA) is 242 Å². The van der Waals surface area contributed by atoms with Crippen molar-refractivity contribution in [1.29, 1.82) is 0 Å². The number of nitrogens with zero attached hydrogens (tertiary/aromatic N) is 10. The van der Waals surface area contributed by atoms with Crippen molar-refractivity contribution < 1.29 is 29.3 Å². The van der Waals surface area contributed by atoms with Gasteiger partial charge in [-0.05, 0) is 64.1 Å². The molecule has 6 N–H and O–H groups in total. The number of rotatable bonds is 16. The highest BCUT2D eigenvalue weighted by molar-refractivity contribution is 6.13. The zero-order valence-electron chi connectivity index (χ0n) is 33.6. The second-order valence-electron chi connectivity index (χ2n) is 14.1. The average Bonchev–Trinajstić information content (AvgIpc) is 4.00. The van der Waals surface area contributed by atoms with Gasteiger partial charge in [-0.1, -0.05) is 12.2 Å². The third-order valence-electron chi connectivity index (χ3n) is 10.2. The molecule has 0 atom stereocenters. The zero-order valence-corrected chi connectivity index (χ0v) is 33.6. The minimum Gasteiger partial charge on any atom is -0.489 e. The van der Waals surface area contributed by atoms with Gasteiger partial charge in [0.15, 0.2) is 11.6 Å². The van der Waals surface area contributed by atoms with Gasteiger partial charge in [-0.25, -0.2) is 19.9 Å². The molecule has 8 rings (SSSR count). The van der Waals surface area contributed by atoms with Gasteiger partial charge in [-0.2, -0.15) is 10.2 Å². The predicted molar refractivity (Wildman–Crippen MR) is 225 cm³/mol. The van der Waals surface area contributed by atoms with Gasteiger partial charge in [0.1, 0.15) is 47.4 Å². The van der Waals surface area contributed by atoms with Crippen molar-refractivity contribution in [2.24, 2.45) is 11.5 Å². The normalized spacial score (nSPS) is 11.9. The lowest BCUT2D eigenvalue weighted by molar-refractivity contribution is 0.0991. The minimum atomic E-state index is -0.635. The summed E-state index contributed by atoms with van der Waals surface area (Å²) in [7, 11) is 0. The van der Waals surface area contributed by atoms with Crippen LogP contribution in [0.25, 0.3) is 66.9 Å². The van der Waals surface area contributed by atoms with E-state index in [2.05, 4.69) is 10.2 Å². The Balaban J connectivity index is 1.29. The number of allylic oxidation sites excluding steroid dienone is 2. The first kappa shape index (κ1) is 39.6. The van der Waals surface area contributed by atoms with Crippen LogP contribution in [0.3, 0.4) is 0 Å². The molecule has 6 aromatic heterocycles. The average molecular weight is 813 g/mol. The number of primary amides is 2. The molecule has 0 aliphatic carbocycles. The fourth-order valence-electron chi connectivity index (χ4n) is 7.64. The molecule has 60 heavy (non-hydrogen) atoms. The van der Waals surface area contributed by atoms with Gasteiger partial charge in [0.25, 0.3) is 0 Å². The number of ether oxygens (including phenoxy) is 2. The first-order valence-electron chi connectivity index (χ1n) is 19.5. The highest BCUT2D eigenvalue weighted by atomic mass is 16.5. The number of nitrogens with two attached hydrogens (primary N) is 2. The van der Waals surface area contributed by atoms with Crippen LogP contribution in [0.2, 0.25) is 0 Å². The van der Waals surface area contributed by atoms with Gasteiger partial charge in [0.2, 0.25) is 11.8 Å². The lowest BCUT2D eigenvalue weighted by atomic mass is 10.1. The fraction of sp³-hybridized carbons (Fsp3) is 0.286. The van der Waals surface area contributed by atoms with Crippen molar-refractivity contribution in [3.63, 3.8) is 0 Å². The lowest BCUT2D eigenvalue weighted by Gasteiger charge is -2.12. The number of aryl methyl sites for hydroxylation is 4. The summed E-state index contributed by atoms with van der Waals surface area (Å²) >= 11 is 0. The van der Waals surface area contributed by atoms with Crippen LogP contribution in [-0.4, -0.2) is 97.1 Å². The van der Waals surface area contributed by atoms with Crippen molar-refractivity contribution >= 4 is 55.7 Å². The Bertz CT molecular complexity index is 2790. The van der Waals surface area contributed by atoms with E-state index in [1.54, 1.807) is 36.7 Å². The fourth-order valence-corrected chi connectivity index (χ4v) is 7.64.